The van der Waals surface area contributed by atoms with Crippen LogP contribution in [-0.4, -0.2) is 78.0 Å². The first-order valence-electron chi connectivity index (χ1n) is 13.6. The van der Waals surface area contributed by atoms with Gasteiger partial charge in [-0.3, -0.25) is 15.0 Å². The van der Waals surface area contributed by atoms with Crippen LogP contribution in [0.5, 0.6) is 6.01 Å². The molecule has 1 fully saturated rings. The van der Waals surface area contributed by atoms with Gasteiger partial charge in [0.1, 0.15) is 17.0 Å². The largest absolute Gasteiger partial charge is 0.467 e. The normalized spacial score (nSPS) is 17.4. The first-order valence-corrected chi connectivity index (χ1v) is 13.9. The van der Waals surface area contributed by atoms with E-state index in [0.717, 1.165) is 4.90 Å². The Morgan fingerprint density at radius 2 is 1.72 bits per heavy atom. The Hall–Kier alpha value is -4.81. The van der Waals surface area contributed by atoms with Crippen molar-refractivity contribution in [3.63, 3.8) is 0 Å². The standard InChI is InChI=1S/C26H24ClF6N11O2/c1-46-24-37-6-12(7-38-24)17-10-35-18(11-34-17)44(25(45)42-22(30)21(28)29)14-4-2-13(3-5-14)40-23-36-8-15(26(31,32)33)19(41-23)20-16(27)9-39-43-20/h6-11,13-14,21-22H,2-5H2,1H3,(H,39,43)(H,42,45)(H,36,40,41). The van der Waals surface area contributed by atoms with Crippen molar-refractivity contribution >= 4 is 29.4 Å². The van der Waals surface area contributed by atoms with E-state index >= 15 is 0 Å². The number of carbonyl (C=O) groups excluding carboxylic acids is 1. The van der Waals surface area contributed by atoms with Crippen molar-refractivity contribution in [1.29, 1.82) is 0 Å². The fraction of sp³-hybridized carbons (Fsp3) is 0.385. The average molecular weight is 672 g/mol. The van der Waals surface area contributed by atoms with Gasteiger partial charge < -0.3 is 15.4 Å². The predicted molar refractivity (Wildman–Crippen MR) is 151 cm³/mol. The maximum absolute atomic E-state index is 13.9. The summed E-state index contributed by atoms with van der Waals surface area (Å²) >= 11 is 6.00. The maximum Gasteiger partial charge on any atom is 0.420 e. The lowest BCUT2D eigenvalue weighted by molar-refractivity contribution is -0.137. The summed E-state index contributed by atoms with van der Waals surface area (Å²) in [6.45, 7) is 0. The van der Waals surface area contributed by atoms with Crippen LogP contribution in [0.4, 0.5) is 42.9 Å². The highest BCUT2D eigenvalue weighted by atomic mass is 35.5. The third kappa shape index (κ3) is 7.35. The van der Waals surface area contributed by atoms with Crippen molar-refractivity contribution in [1.82, 2.24) is 45.4 Å². The summed E-state index contributed by atoms with van der Waals surface area (Å²) in [5.41, 5.74) is -1.03. The second-order valence-corrected chi connectivity index (χ2v) is 10.4. The Kier molecular flexibility index (Phi) is 9.68. The molecule has 20 heteroatoms. The van der Waals surface area contributed by atoms with Crippen LogP contribution in [0, 0.1) is 0 Å². The number of hydrogen-bond acceptors (Lipinski definition) is 10. The quantitative estimate of drug-likeness (QED) is 0.158. The molecule has 1 atom stereocenters. The summed E-state index contributed by atoms with van der Waals surface area (Å²) in [5.74, 6) is -0.138. The highest BCUT2D eigenvalue weighted by molar-refractivity contribution is 6.32. The predicted octanol–water partition coefficient (Wildman–Crippen LogP) is 5.29. The molecule has 3 N–H and O–H groups in total. The molecular weight excluding hydrogens is 648 g/mol. The fourth-order valence-corrected chi connectivity index (χ4v) is 4.98. The highest BCUT2D eigenvalue weighted by Gasteiger charge is 2.37. The maximum atomic E-state index is 13.9. The zero-order chi connectivity index (χ0) is 33.0. The number of urea groups is 1. The summed E-state index contributed by atoms with van der Waals surface area (Å²) < 4.78 is 85.6. The summed E-state index contributed by atoms with van der Waals surface area (Å²) in [4.78, 5) is 38.5. The van der Waals surface area contributed by atoms with E-state index in [1.165, 1.54) is 38.1 Å². The molecular formula is C26H24ClF6N11O2. The van der Waals surface area contributed by atoms with E-state index in [4.69, 9.17) is 16.3 Å². The molecule has 1 unspecified atom stereocenters. The van der Waals surface area contributed by atoms with Gasteiger partial charge in [-0.05, 0) is 25.7 Å². The molecule has 4 heterocycles. The minimum Gasteiger partial charge on any atom is -0.467 e. The van der Waals surface area contributed by atoms with E-state index in [0.29, 0.717) is 30.3 Å². The van der Waals surface area contributed by atoms with Gasteiger partial charge in [-0.1, -0.05) is 11.6 Å². The summed E-state index contributed by atoms with van der Waals surface area (Å²) in [6.07, 6.45) is -2.65. The van der Waals surface area contributed by atoms with E-state index in [1.807, 2.05) is 0 Å². The number of rotatable bonds is 9. The minimum atomic E-state index is -4.77. The monoisotopic (exact) mass is 671 g/mol. The molecule has 13 nitrogen and oxygen atoms in total. The van der Waals surface area contributed by atoms with Crippen LogP contribution in [0.15, 0.2) is 37.2 Å². The zero-order valence-electron chi connectivity index (χ0n) is 23.6. The van der Waals surface area contributed by atoms with E-state index in [9.17, 15) is 31.1 Å². The molecule has 244 valence electrons. The van der Waals surface area contributed by atoms with Crippen molar-refractivity contribution in [2.75, 3.05) is 17.3 Å². The number of hydrogen-bond donors (Lipinski definition) is 3. The van der Waals surface area contributed by atoms with Gasteiger partial charge >= 0.3 is 18.2 Å². The van der Waals surface area contributed by atoms with E-state index in [1.54, 1.807) is 5.32 Å². The van der Waals surface area contributed by atoms with Crippen LogP contribution in [-0.2, 0) is 6.18 Å². The molecule has 0 aromatic carbocycles. The molecule has 46 heavy (non-hydrogen) atoms. The second-order valence-electron chi connectivity index (χ2n) is 9.96. The molecule has 0 saturated heterocycles. The van der Waals surface area contributed by atoms with E-state index in [2.05, 4.69) is 45.4 Å². The molecule has 5 rings (SSSR count). The topological polar surface area (TPSA) is 160 Å². The number of ether oxygens (including phenoxy) is 1. The van der Waals surface area contributed by atoms with Crippen molar-refractivity contribution in [2.24, 2.45) is 0 Å². The highest BCUT2D eigenvalue weighted by Crippen LogP contribution is 2.38. The van der Waals surface area contributed by atoms with Crippen LogP contribution in [0.1, 0.15) is 31.2 Å². The van der Waals surface area contributed by atoms with Crippen molar-refractivity contribution < 1.29 is 35.9 Å². The van der Waals surface area contributed by atoms with Crippen LogP contribution in [0.3, 0.4) is 0 Å². The molecule has 0 aliphatic heterocycles. The number of nitrogens with zero attached hydrogens (tertiary/aromatic N) is 8. The van der Waals surface area contributed by atoms with Crippen molar-refractivity contribution in [2.45, 2.75) is 56.7 Å². The number of nitrogens with one attached hydrogen (secondary N) is 3. The van der Waals surface area contributed by atoms with E-state index in [-0.39, 0.29) is 47.4 Å². The lowest BCUT2D eigenvalue weighted by atomic mass is 9.90. The number of amides is 2. The molecule has 0 bridgehead atoms. The SMILES string of the molecule is COc1ncc(-c2cnc(N(C(=O)NC(F)C(F)F)C3CCC(Nc4ncc(C(F)(F)F)c(-c5n[nH]cc5Cl)n4)CC3)cn2)cn1. The van der Waals surface area contributed by atoms with Crippen LogP contribution in [0.25, 0.3) is 22.6 Å². The number of aromatic nitrogens is 8. The number of H-pyrrole nitrogens is 1. The molecule has 4 aromatic rings. The Bertz CT molecular complexity index is 1630. The lowest BCUT2D eigenvalue weighted by Gasteiger charge is -2.36. The number of carbonyl (C=O) groups is 1. The Morgan fingerprint density at radius 1 is 1.00 bits per heavy atom. The number of alkyl halides is 6. The molecule has 4 aromatic heterocycles. The molecule has 1 saturated carbocycles. The average Bonchev–Trinajstić information content (AvgIpc) is 3.47. The third-order valence-corrected chi connectivity index (χ3v) is 7.29. The van der Waals surface area contributed by atoms with Crippen molar-refractivity contribution in [3.05, 3.63) is 47.8 Å². The number of methoxy groups -OCH3 is 1. The van der Waals surface area contributed by atoms with Gasteiger partial charge in [-0.2, -0.15) is 18.3 Å². The third-order valence-electron chi connectivity index (χ3n) is 7.00. The first-order chi connectivity index (χ1) is 21.9. The van der Waals surface area contributed by atoms with Gasteiger partial charge in [0, 0.05) is 42.4 Å². The summed E-state index contributed by atoms with van der Waals surface area (Å²) in [6, 6.07) is -1.99. The van der Waals surface area contributed by atoms with E-state index < -0.39 is 42.2 Å². The summed E-state index contributed by atoms with van der Waals surface area (Å²) in [7, 11) is 1.40. The van der Waals surface area contributed by atoms with Crippen LogP contribution >= 0.6 is 11.6 Å². The van der Waals surface area contributed by atoms with Gasteiger partial charge in [0.25, 0.3) is 6.43 Å². The summed E-state index contributed by atoms with van der Waals surface area (Å²) in [5, 5.41) is 10.7. The smallest absolute Gasteiger partial charge is 0.420 e. The number of anilines is 2. The van der Waals surface area contributed by atoms with Crippen LogP contribution < -0.4 is 20.3 Å². The van der Waals surface area contributed by atoms with Crippen molar-refractivity contribution in [3.8, 4) is 28.7 Å². The Balaban J connectivity index is 1.32. The lowest BCUT2D eigenvalue weighted by Crippen LogP contribution is -2.52. The zero-order valence-corrected chi connectivity index (χ0v) is 24.4. The number of aromatic amines is 1. The van der Waals surface area contributed by atoms with Gasteiger partial charge in [0.2, 0.25) is 12.2 Å². The molecule has 0 spiro atoms. The molecule has 0 radical (unpaired) electrons. The Morgan fingerprint density at radius 3 is 2.28 bits per heavy atom. The number of halogens is 7. The van der Waals surface area contributed by atoms with Crippen LogP contribution in [0.2, 0.25) is 5.02 Å². The van der Waals surface area contributed by atoms with Gasteiger partial charge in [-0.15, -0.1) is 0 Å². The van der Waals surface area contributed by atoms with Gasteiger partial charge in [-0.25, -0.2) is 42.9 Å². The Labute approximate surface area is 261 Å². The molecule has 1 aliphatic carbocycles. The minimum absolute atomic E-state index is 0.0276. The second kappa shape index (κ2) is 13.7. The molecule has 2 amide bonds. The first kappa shape index (κ1) is 32.6. The van der Waals surface area contributed by atoms with Gasteiger partial charge in [0.05, 0.1) is 30.2 Å². The fourth-order valence-electron chi connectivity index (χ4n) is 4.80. The van der Waals surface area contributed by atoms with Gasteiger partial charge in [0.15, 0.2) is 5.82 Å². The molecule has 1 aliphatic rings.